The van der Waals surface area contributed by atoms with Gasteiger partial charge in [0.2, 0.25) is 5.91 Å². The molecule has 1 aromatic rings. The summed E-state index contributed by atoms with van der Waals surface area (Å²) in [5, 5.41) is 5.40. The van der Waals surface area contributed by atoms with Crippen LogP contribution >= 0.6 is 15.9 Å². The Morgan fingerprint density at radius 1 is 1.55 bits per heavy atom. The molecule has 1 unspecified atom stereocenters. The Morgan fingerprint density at radius 3 is 3.00 bits per heavy atom. The fourth-order valence-corrected chi connectivity index (χ4v) is 2.19. The maximum absolute atomic E-state index is 13.5. The Kier molecular flexibility index (Phi) is 4.94. The summed E-state index contributed by atoms with van der Waals surface area (Å²) >= 11 is 3.14. The number of carbonyl (C=O) groups is 2. The lowest BCUT2D eigenvalue weighted by Crippen LogP contribution is -2.48. The van der Waals surface area contributed by atoms with Crippen LogP contribution in [0.5, 0.6) is 5.75 Å². The van der Waals surface area contributed by atoms with E-state index in [-0.39, 0.29) is 30.2 Å². The molecule has 1 aliphatic heterocycles. The predicted octanol–water partition coefficient (Wildman–Crippen LogP) is 1.36. The van der Waals surface area contributed by atoms with Crippen molar-refractivity contribution in [3.63, 3.8) is 0 Å². The Hall–Kier alpha value is -1.63. The fraction of sp³-hybridized carbons (Fsp3) is 0.385. The van der Waals surface area contributed by atoms with E-state index >= 15 is 0 Å². The molecule has 2 N–H and O–H groups in total. The molecule has 0 saturated carbocycles. The van der Waals surface area contributed by atoms with Crippen molar-refractivity contribution in [2.45, 2.75) is 18.9 Å². The minimum atomic E-state index is -0.530. The van der Waals surface area contributed by atoms with Crippen LogP contribution in [-0.2, 0) is 9.59 Å². The molecule has 20 heavy (non-hydrogen) atoms. The van der Waals surface area contributed by atoms with Gasteiger partial charge >= 0.3 is 0 Å². The molecule has 0 bridgehead atoms. The average molecular weight is 345 g/mol. The first kappa shape index (κ1) is 14.8. The molecule has 1 atom stereocenters. The van der Waals surface area contributed by atoms with Crippen LogP contribution < -0.4 is 15.4 Å². The lowest BCUT2D eigenvalue weighted by atomic mass is 10.1. The van der Waals surface area contributed by atoms with Crippen molar-refractivity contribution in [1.29, 1.82) is 0 Å². The van der Waals surface area contributed by atoms with E-state index in [2.05, 4.69) is 26.6 Å². The molecule has 7 heteroatoms. The summed E-state index contributed by atoms with van der Waals surface area (Å²) in [7, 11) is 0. The molecule has 2 rings (SSSR count). The summed E-state index contributed by atoms with van der Waals surface area (Å²) in [6.07, 6.45) is 0.997. The zero-order valence-corrected chi connectivity index (χ0v) is 12.2. The molecule has 0 radical (unpaired) electrons. The molecule has 1 aliphatic rings. The largest absolute Gasteiger partial charge is 0.481 e. The highest BCUT2D eigenvalue weighted by atomic mass is 79.9. The molecular weight excluding hydrogens is 331 g/mol. The SMILES string of the molecule is O=C1CCC(NC(=O)COc2ccc(Br)cc2F)CN1. The summed E-state index contributed by atoms with van der Waals surface area (Å²) < 4.78 is 19.2. The summed E-state index contributed by atoms with van der Waals surface area (Å²) in [5.41, 5.74) is 0. The van der Waals surface area contributed by atoms with E-state index in [0.717, 1.165) is 0 Å². The number of ether oxygens (including phenoxy) is 1. The number of piperidine rings is 1. The van der Waals surface area contributed by atoms with Crippen LogP contribution in [0.2, 0.25) is 0 Å². The van der Waals surface area contributed by atoms with Gasteiger partial charge in [-0.3, -0.25) is 9.59 Å². The van der Waals surface area contributed by atoms with Gasteiger partial charge in [-0.15, -0.1) is 0 Å². The van der Waals surface area contributed by atoms with Crippen LogP contribution in [-0.4, -0.2) is 31.0 Å². The Balaban J connectivity index is 1.78. The molecule has 1 saturated heterocycles. The van der Waals surface area contributed by atoms with Gasteiger partial charge in [0.25, 0.3) is 5.91 Å². The third kappa shape index (κ3) is 4.19. The van der Waals surface area contributed by atoms with Crippen LogP contribution in [0.1, 0.15) is 12.8 Å². The lowest BCUT2D eigenvalue weighted by molar-refractivity contribution is -0.126. The number of halogens is 2. The van der Waals surface area contributed by atoms with Gasteiger partial charge in [0.15, 0.2) is 18.2 Å². The minimum absolute atomic E-state index is 0.0105. The molecule has 0 spiro atoms. The lowest BCUT2D eigenvalue weighted by Gasteiger charge is -2.23. The topological polar surface area (TPSA) is 67.4 Å². The highest BCUT2D eigenvalue weighted by Gasteiger charge is 2.19. The Bertz CT molecular complexity index is 514. The van der Waals surface area contributed by atoms with Crippen LogP contribution in [0.4, 0.5) is 4.39 Å². The number of benzene rings is 1. The molecule has 5 nitrogen and oxygen atoms in total. The zero-order chi connectivity index (χ0) is 14.5. The van der Waals surface area contributed by atoms with Crippen LogP contribution in [0.25, 0.3) is 0 Å². The van der Waals surface area contributed by atoms with Crippen molar-refractivity contribution >= 4 is 27.7 Å². The molecule has 2 amide bonds. The van der Waals surface area contributed by atoms with Gasteiger partial charge in [-0.05, 0) is 24.6 Å². The van der Waals surface area contributed by atoms with Crippen molar-refractivity contribution in [2.75, 3.05) is 13.2 Å². The second-order valence-corrected chi connectivity index (χ2v) is 5.39. The number of nitrogens with one attached hydrogen (secondary N) is 2. The first-order chi connectivity index (χ1) is 9.54. The fourth-order valence-electron chi connectivity index (χ4n) is 1.86. The number of rotatable bonds is 4. The number of hydrogen-bond donors (Lipinski definition) is 2. The zero-order valence-electron chi connectivity index (χ0n) is 10.6. The van der Waals surface area contributed by atoms with E-state index in [1.54, 1.807) is 6.07 Å². The second-order valence-electron chi connectivity index (χ2n) is 4.47. The van der Waals surface area contributed by atoms with Gasteiger partial charge in [0.05, 0.1) is 0 Å². The van der Waals surface area contributed by atoms with Gasteiger partial charge in [0.1, 0.15) is 0 Å². The van der Waals surface area contributed by atoms with Gasteiger partial charge in [-0.25, -0.2) is 4.39 Å². The first-order valence-corrected chi connectivity index (χ1v) is 6.98. The van der Waals surface area contributed by atoms with E-state index < -0.39 is 5.82 Å². The molecule has 1 aromatic carbocycles. The standard InChI is InChI=1S/C13H14BrFN2O3/c14-8-1-3-11(10(15)5-8)20-7-13(19)17-9-2-4-12(18)16-6-9/h1,3,5,9H,2,4,6-7H2,(H,16,18)(H,17,19). The van der Waals surface area contributed by atoms with Crippen LogP contribution in [0.15, 0.2) is 22.7 Å². The molecule has 1 heterocycles. The molecule has 0 aliphatic carbocycles. The van der Waals surface area contributed by atoms with Crippen molar-refractivity contribution < 1.29 is 18.7 Å². The van der Waals surface area contributed by atoms with E-state index in [1.165, 1.54) is 12.1 Å². The average Bonchev–Trinajstić information content (AvgIpc) is 2.40. The number of carbonyl (C=O) groups excluding carboxylic acids is 2. The van der Waals surface area contributed by atoms with E-state index in [0.29, 0.717) is 23.9 Å². The summed E-state index contributed by atoms with van der Waals surface area (Å²) in [4.78, 5) is 22.6. The minimum Gasteiger partial charge on any atom is -0.481 e. The van der Waals surface area contributed by atoms with Crippen LogP contribution in [0.3, 0.4) is 0 Å². The predicted molar refractivity (Wildman–Crippen MR) is 73.8 cm³/mol. The van der Waals surface area contributed by atoms with Crippen LogP contribution in [0, 0.1) is 5.82 Å². The van der Waals surface area contributed by atoms with Gasteiger partial charge in [0, 0.05) is 23.5 Å². The highest BCUT2D eigenvalue weighted by molar-refractivity contribution is 9.10. The quantitative estimate of drug-likeness (QED) is 0.866. The Morgan fingerprint density at radius 2 is 2.35 bits per heavy atom. The summed E-state index contributed by atoms with van der Waals surface area (Å²) in [6, 6.07) is 4.25. The normalized spacial score (nSPS) is 18.3. The van der Waals surface area contributed by atoms with Gasteiger partial charge in [-0.1, -0.05) is 15.9 Å². The number of hydrogen-bond acceptors (Lipinski definition) is 3. The monoisotopic (exact) mass is 344 g/mol. The smallest absolute Gasteiger partial charge is 0.258 e. The highest BCUT2D eigenvalue weighted by Crippen LogP contribution is 2.21. The molecule has 1 fully saturated rings. The van der Waals surface area contributed by atoms with E-state index in [9.17, 15) is 14.0 Å². The Labute approximate surface area is 124 Å². The van der Waals surface area contributed by atoms with Crippen molar-refractivity contribution in [1.82, 2.24) is 10.6 Å². The summed E-state index contributed by atoms with van der Waals surface area (Å²) in [5.74, 6) is -0.852. The summed E-state index contributed by atoms with van der Waals surface area (Å²) in [6.45, 7) is 0.153. The maximum atomic E-state index is 13.5. The van der Waals surface area contributed by atoms with Crippen molar-refractivity contribution in [3.05, 3.63) is 28.5 Å². The van der Waals surface area contributed by atoms with Crippen molar-refractivity contribution in [3.8, 4) is 5.75 Å². The molecule has 0 aromatic heterocycles. The maximum Gasteiger partial charge on any atom is 0.258 e. The molecular formula is C13H14BrFN2O3. The second kappa shape index (κ2) is 6.69. The first-order valence-electron chi connectivity index (χ1n) is 6.18. The van der Waals surface area contributed by atoms with E-state index in [4.69, 9.17) is 4.74 Å². The number of amides is 2. The van der Waals surface area contributed by atoms with E-state index in [1.807, 2.05) is 0 Å². The third-order valence-electron chi connectivity index (χ3n) is 2.88. The van der Waals surface area contributed by atoms with Gasteiger partial charge < -0.3 is 15.4 Å². The molecule has 108 valence electrons. The van der Waals surface area contributed by atoms with Gasteiger partial charge in [-0.2, -0.15) is 0 Å². The third-order valence-corrected chi connectivity index (χ3v) is 3.38. The van der Waals surface area contributed by atoms with Crippen molar-refractivity contribution in [2.24, 2.45) is 0 Å².